The normalized spacial score (nSPS) is 23.0. The van der Waals surface area contributed by atoms with Crippen molar-refractivity contribution in [2.24, 2.45) is 5.92 Å². The number of likely N-dealkylation sites (tertiary alicyclic amines) is 1. The number of pyridine rings is 1. The van der Waals surface area contributed by atoms with E-state index < -0.39 is 0 Å². The quantitative estimate of drug-likeness (QED) is 0.936. The minimum Gasteiger partial charge on any atom is -0.487 e. The Morgan fingerprint density at radius 2 is 2.08 bits per heavy atom. The lowest BCUT2D eigenvalue weighted by atomic mass is 10.0. The number of nitrogens with one attached hydrogen (secondary N) is 1. The summed E-state index contributed by atoms with van der Waals surface area (Å²) in [5.41, 5.74) is 0. The van der Waals surface area contributed by atoms with E-state index in [0.29, 0.717) is 5.75 Å². The largest absolute Gasteiger partial charge is 0.487 e. The molecule has 3 heterocycles. The van der Waals surface area contributed by atoms with Gasteiger partial charge in [0.15, 0.2) is 11.6 Å². The van der Waals surface area contributed by atoms with Crippen molar-refractivity contribution in [3.63, 3.8) is 0 Å². The summed E-state index contributed by atoms with van der Waals surface area (Å²) in [5, 5.41) is 5.20. The first-order chi connectivity index (χ1) is 11.8. The van der Waals surface area contributed by atoms with Crippen molar-refractivity contribution in [1.29, 1.82) is 0 Å². The van der Waals surface area contributed by atoms with E-state index in [1.54, 1.807) is 18.5 Å². The molecule has 4 rings (SSSR count). The second-order valence-corrected chi connectivity index (χ2v) is 6.98. The molecule has 2 aliphatic heterocycles. The maximum absolute atomic E-state index is 14.3. The Hall–Kier alpha value is -1.72. The minimum atomic E-state index is -0.296. The number of hydrogen-bond acceptors (Lipinski definition) is 4. The van der Waals surface area contributed by atoms with Gasteiger partial charge in [-0.3, -0.25) is 4.98 Å². The molecule has 0 spiro atoms. The molecule has 2 saturated heterocycles. The van der Waals surface area contributed by atoms with Crippen molar-refractivity contribution in [3.8, 4) is 5.75 Å². The summed E-state index contributed by atoms with van der Waals surface area (Å²) in [7, 11) is 0. The number of fused-ring (bicyclic) bond motifs is 1. The molecular formula is C19H24FN3O. The molecule has 4 nitrogen and oxygen atoms in total. The lowest BCUT2D eigenvalue weighted by Crippen LogP contribution is -2.41. The van der Waals surface area contributed by atoms with Crippen molar-refractivity contribution in [2.75, 3.05) is 32.7 Å². The van der Waals surface area contributed by atoms with E-state index in [0.717, 1.165) is 55.7 Å². The zero-order valence-electron chi connectivity index (χ0n) is 13.9. The summed E-state index contributed by atoms with van der Waals surface area (Å²) in [5.74, 6) is 0.858. The van der Waals surface area contributed by atoms with E-state index in [2.05, 4.69) is 15.2 Å². The highest BCUT2D eigenvalue weighted by Crippen LogP contribution is 2.27. The van der Waals surface area contributed by atoms with Gasteiger partial charge in [0.2, 0.25) is 0 Å². The third kappa shape index (κ3) is 3.52. The SMILES string of the molecule is Fc1cc2cnccc2cc1OC1CCN(CC2CCNC2)CC1. The van der Waals surface area contributed by atoms with Gasteiger partial charge in [0.1, 0.15) is 6.10 Å². The number of ether oxygens (including phenoxy) is 1. The standard InChI is InChI=1S/C19H24FN3O/c20-18-9-16-12-22-6-2-15(16)10-19(18)24-17-3-7-23(8-4-17)13-14-1-5-21-11-14/h2,6,9-10,12,14,17,21H,1,3-5,7-8,11,13H2. The van der Waals surface area contributed by atoms with E-state index in [9.17, 15) is 4.39 Å². The number of hydrogen-bond donors (Lipinski definition) is 1. The summed E-state index contributed by atoms with van der Waals surface area (Å²) < 4.78 is 20.2. The average Bonchev–Trinajstić information content (AvgIpc) is 3.10. The number of benzene rings is 1. The Labute approximate surface area is 142 Å². The van der Waals surface area contributed by atoms with Crippen LogP contribution in [0.1, 0.15) is 19.3 Å². The van der Waals surface area contributed by atoms with Crippen molar-refractivity contribution in [3.05, 3.63) is 36.4 Å². The van der Waals surface area contributed by atoms with Crippen molar-refractivity contribution in [1.82, 2.24) is 15.2 Å². The third-order valence-electron chi connectivity index (χ3n) is 5.20. The average molecular weight is 329 g/mol. The van der Waals surface area contributed by atoms with Gasteiger partial charge in [-0.05, 0) is 61.9 Å². The molecule has 128 valence electrons. The Morgan fingerprint density at radius 1 is 1.21 bits per heavy atom. The molecule has 1 aromatic carbocycles. The van der Waals surface area contributed by atoms with Crippen molar-refractivity contribution >= 4 is 10.8 Å². The summed E-state index contributed by atoms with van der Waals surface area (Å²) in [4.78, 5) is 6.56. The van der Waals surface area contributed by atoms with Gasteiger partial charge in [0, 0.05) is 37.4 Å². The molecule has 0 aliphatic carbocycles. The van der Waals surface area contributed by atoms with Crippen molar-refractivity contribution < 1.29 is 9.13 Å². The minimum absolute atomic E-state index is 0.108. The Bertz CT molecular complexity index is 694. The molecule has 5 heteroatoms. The first-order valence-electron chi connectivity index (χ1n) is 8.91. The van der Waals surface area contributed by atoms with Crippen LogP contribution >= 0.6 is 0 Å². The molecule has 24 heavy (non-hydrogen) atoms. The van der Waals surface area contributed by atoms with Crippen LogP contribution in [-0.4, -0.2) is 48.7 Å². The summed E-state index contributed by atoms with van der Waals surface area (Å²) in [6.07, 6.45) is 6.73. The molecule has 1 atom stereocenters. The number of piperidine rings is 1. The van der Waals surface area contributed by atoms with Crippen LogP contribution in [0.4, 0.5) is 4.39 Å². The first kappa shape index (κ1) is 15.8. The zero-order valence-corrected chi connectivity index (χ0v) is 13.9. The fraction of sp³-hybridized carbons (Fsp3) is 0.526. The molecule has 2 fully saturated rings. The van der Waals surface area contributed by atoms with E-state index in [1.807, 2.05) is 6.07 Å². The molecule has 1 N–H and O–H groups in total. The molecule has 0 bridgehead atoms. The van der Waals surface area contributed by atoms with Crippen LogP contribution in [0.3, 0.4) is 0 Å². The Morgan fingerprint density at radius 3 is 2.88 bits per heavy atom. The monoisotopic (exact) mass is 329 g/mol. The van der Waals surface area contributed by atoms with Crippen LogP contribution in [0.2, 0.25) is 0 Å². The predicted molar refractivity (Wildman–Crippen MR) is 92.8 cm³/mol. The lowest BCUT2D eigenvalue weighted by molar-refractivity contribution is 0.0899. The molecular weight excluding hydrogens is 305 g/mol. The molecule has 1 unspecified atom stereocenters. The maximum Gasteiger partial charge on any atom is 0.165 e. The van der Waals surface area contributed by atoms with Gasteiger partial charge in [-0.15, -0.1) is 0 Å². The van der Waals surface area contributed by atoms with Gasteiger partial charge in [0.05, 0.1) is 0 Å². The Kier molecular flexibility index (Phi) is 4.63. The summed E-state index contributed by atoms with van der Waals surface area (Å²) in [6.45, 7) is 5.56. The number of rotatable bonds is 4. The molecule has 0 saturated carbocycles. The lowest BCUT2D eigenvalue weighted by Gasteiger charge is -2.33. The van der Waals surface area contributed by atoms with Gasteiger partial charge >= 0.3 is 0 Å². The fourth-order valence-corrected chi connectivity index (χ4v) is 3.80. The van der Waals surface area contributed by atoms with Gasteiger partial charge in [-0.1, -0.05) is 0 Å². The predicted octanol–water partition coefficient (Wildman–Crippen LogP) is 2.83. The van der Waals surface area contributed by atoms with Gasteiger partial charge in [-0.2, -0.15) is 0 Å². The molecule has 1 aromatic heterocycles. The first-order valence-corrected chi connectivity index (χ1v) is 8.91. The highest BCUT2D eigenvalue weighted by atomic mass is 19.1. The maximum atomic E-state index is 14.3. The van der Waals surface area contributed by atoms with Crippen LogP contribution in [-0.2, 0) is 0 Å². The molecule has 2 aromatic rings. The van der Waals surface area contributed by atoms with Crippen LogP contribution in [0, 0.1) is 11.7 Å². The van der Waals surface area contributed by atoms with E-state index in [1.165, 1.54) is 19.0 Å². The second kappa shape index (κ2) is 7.03. The smallest absolute Gasteiger partial charge is 0.165 e. The molecule has 0 radical (unpaired) electrons. The number of aromatic nitrogens is 1. The van der Waals surface area contributed by atoms with Crippen molar-refractivity contribution in [2.45, 2.75) is 25.4 Å². The van der Waals surface area contributed by atoms with Crippen LogP contribution in [0.15, 0.2) is 30.6 Å². The van der Waals surface area contributed by atoms with Crippen LogP contribution in [0.5, 0.6) is 5.75 Å². The summed E-state index contributed by atoms with van der Waals surface area (Å²) >= 11 is 0. The highest BCUT2D eigenvalue weighted by molar-refractivity contribution is 5.83. The van der Waals surface area contributed by atoms with Gasteiger partial charge in [-0.25, -0.2) is 4.39 Å². The fourth-order valence-electron chi connectivity index (χ4n) is 3.80. The Balaban J connectivity index is 1.35. The van der Waals surface area contributed by atoms with E-state index in [-0.39, 0.29) is 11.9 Å². The van der Waals surface area contributed by atoms with Gasteiger partial charge in [0.25, 0.3) is 0 Å². The molecule has 0 amide bonds. The van der Waals surface area contributed by atoms with Crippen LogP contribution in [0.25, 0.3) is 10.8 Å². The second-order valence-electron chi connectivity index (χ2n) is 6.98. The van der Waals surface area contributed by atoms with Crippen LogP contribution < -0.4 is 10.1 Å². The van der Waals surface area contributed by atoms with E-state index in [4.69, 9.17) is 4.74 Å². The van der Waals surface area contributed by atoms with Gasteiger partial charge < -0.3 is 15.0 Å². The highest BCUT2D eigenvalue weighted by Gasteiger charge is 2.24. The topological polar surface area (TPSA) is 37.4 Å². The zero-order chi connectivity index (χ0) is 16.4. The number of halogens is 1. The number of nitrogens with zero attached hydrogens (tertiary/aromatic N) is 2. The van der Waals surface area contributed by atoms with E-state index >= 15 is 0 Å². The summed E-state index contributed by atoms with van der Waals surface area (Å²) in [6, 6.07) is 5.20. The third-order valence-corrected chi connectivity index (χ3v) is 5.20. The molecule has 2 aliphatic rings.